The molecule has 1 unspecified atom stereocenters. The van der Waals surface area contributed by atoms with Gasteiger partial charge in [0.25, 0.3) is 5.88 Å². The summed E-state index contributed by atoms with van der Waals surface area (Å²) in [5.74, 6) is -0.317. The summed E-state index contributed by atoms with van der Waals surface area (Å²) in [6.45, 7) is 21.5. The number of rotatable bonds is 12. The smallest absolute Gasteiger partial charge is 0.260 e. The molecule has 2 N–H and O–H groups in total. The van der Waals surface area contributed by atoms with Gasteiger partial charge < -0.3 is 38.1 Å². The number of benzene rings is 2. The molecule has 12 heteroatoms. The van der Waals surface area contributed by atoms with E-state index in [0.717, 1.165) is 49.7 Å². The van der Waals surface area contributed by atoms with Crippen LogP contribution in [0, 0.1) is 5.41 Å². The number of methoxy groups -OCH3 is 2. The summed E-state index contributed by atoms with van der Waals surface area (Å²) in [4.78, 5) is 31.6. The van der Waals surface area contributed by atoms with E-state index in [2.05, 4.69) is 38.9 Å². The largest absolute Gasteiger partial charge is 0.496 e. The first-order valence-electron chi connectivity index (χ1n) is 20.6. The van der Waals surface area contributed by atoms with Gasteiger partial charge in [-0.1, -0.05) is 73.0 Å². The van der Waals surface area contributed by atoms with Crippen molar-refractivity contribution in [1.82, 2.24) is 5.16 Å². The number of aliphatic hydroxyl groups is 2. The third kappa shape index (κ3) is 5.55. The average Bonchev–Trinajstić information content (AvgIpc) is 3.72. The highest BCUT2D eigenvalue weighted by Crippen LogP contribution is 2.66. The van der Waals surface area contributed by atoms with Crippen molar-refractivity contribution in [3.63, 3.8) is 0 Å². The molecule has 310 valence electrons. The molecule has 7 rings (SSSR count). The van der Waals surface area contributed by atoms with Crippen molar-refractivity contribution in [2.75, 3.05) is 27.4 Å². The van der Waals surface area contributed by atoms with Crippen LogP contribution in [-0.4, -0.2) is 73.9 Å². The fraction of sp³-hybridized carbons (Fsp3) is 0.622. The van der Waals surface area contributed by atoms with Crippen LogP contribution in [0.3, 0.4) is 0 Å². The maximum absolute atomic E-state index is 15.9. The number of unbranched alkanes of at least 4 members (excludes halogenated alkanes) is 2. The molecule has 1 spiro atoms. The Morgan fingerprint density at radius 3 is 2.19 bits per heavy atom. The molecule has 3 aromatic rings. The van der Waals surface area contributed by atoms with E-state index in [1.54, 1.807) is 7.11 Å². The summed E-state index contributed by atoms with van der Waals surface area (Å²) >= 11 is 0. The predicted molar refractivity (Wildman–Crippen MR) is 220 cm³/mol. The molecule has 0 saturated carbocycles. The number of hydrogen-bond acceptors (Lipinski definition) is 11. The highest BCUT2D eigenvalue weighted by molar-refractivity contribution is 6.74. The lowest BCUT2D eigenvalue weighted by Gasteiger charge is -2.53. The summed E-state index contributed by atoms with van der Waals surface area (Å²) in [6.07, 6.45) is 5.57. The second-order valence-corrected chi connectivity index (χ2v) is 23.6. The van der Waals surface area contributed by atoms with Gasteiger partial charge in [0.1, 0.15) is 29.1 Å². The van der Waals surface area contributed by atoms with Crippen molar-refractivity contribution in [1.29, 1.82) is 0 Å². The van der Waals surface area contributed by atoms with Gasteiger partial charge in [-0.15, -0.1) is 0 Å². The van der Waals surface area contributed by atoms with E-state index < -0.39 is 54.1 Å². The van der Waals surface area contributed by atoms with Crippen LogP contribution in [-0.2, 0) is 22.7 Å². The number of ether oxygens (including phenoxy) is 4. The lowest BCUT2D eigenvalue weighted by atomic mass is 9.54. The zero-order valence-corrected chi connectivity index (χ0v) is 36.9. The average molecular weight is 804 g/mol. The molecule has 0 radical (unpaired) electrons. The molecule has 1 aromatic heterocycles. The van der Waals surface area contributed by atoms with Crippen molar-refractivity contribution >= 4 is 30.7 Å². The molecule has 4 aliphatic carbocycles. The highest BCUT2D eigenvalue weighted by Gasteiger charge is 2.73. The quantitative estimate of drug-likeness (QED) is 0.103. The van der Waals surface area contributed by atoms with Crippen LogP contribution in [0.2, 0.25) is 18.1 Å². The first-order chi connectivity index (χ1) is 26.7. The molecule has 4 aliphatic rings. The minimum absolute atomic E-state index is 0.0324. The van der Waals surface area contributed by atoms with Gasteiger partial charge in [0.2, 0.25) is 5.78 Å². The van der Waals surface area contributed by atoms with E-state index in [9.17, 15) is 10.2 Å². The Labute approximate surface area is 337 Å². The summed E-state index contributed by atoms with van der Waals surface area (Å²) in [6, 6.07) is 1.88. The van der Waals surface area contributed by atoms with E-state index in [-0.39, 0.29) is 39.5 Å². The molecule has 11 nitrogen and oxygen atoms in total. The summed E-state index contributed by atoms with van der Waals surface area (Å²) in [5.41, 5.74) is -3.67. The minimum Gasteiger partial charge on any atom is -0.496 e. The van der Waals surface area contributed by atoms with Crippen molar-refractivity contribution in [3.05, 3.63) is 51.3 Å². The van der Waals surface area contributed by atoms with Gasteiger partial charge in [-0.2, -0.15) is 0 Å². The number of ketones is 2. The standard InChI is InChI=1S/C45H61NO10Si/c1-13-15-20-53-27-22-28(51-9)35-30-26(23-43(35)25(3)18-17-19-42(43,7)8)31-34(36(52-10)32(27)30)38(48)45(50)39(56-57(11,12)41(4,5)6)33-29(24-44(45,49)37(31)47)55-46-40(33)54-21-16-14-2/h18,22,39,49-50H,13-17,19-21,23-24H2,1-12H3/t39-,43+,44+,45?/m0/s1. The van der Waals surface area contributed by atoms with Gasteiger partial charge in [0, 0.05) is 34.4 Å². The number of aromatic nitrogens is 1. The van der Waals surface area contributed by atoms with E-state index in [1.165, 1.54) is 7.11 Å². The summed E-state index contributed by atoms with van der Waals surface area (Å²) < 4.78 is 38.0. The van der Waals surface area contributed by atoms with Crippen molar-refractivity contribution in [3.8, 4) is 23.1 Å². The lowest BCUT2D eigenvalue weighted by Crippen LogP contribution is -2.73. The third-order valence-electron chi connectivity index (χ3n) is 14.2. The van der Waals surface area contributed by atoms with Crippen LogP contribution < -0.4 is 18.9 Å². The molecule has 2 aromatic carbocycles. The topological polar surface area (TPSA) is 147 Å². The van der Waals surface area contributed by atoms with Gasteiger partial charge in [-0.05, 0) is 73.3 Å². The Hall–Kier alpha value is -3.71. The number of Topliss-reactive ketones (excluding diaryl/α,β-unsaturated/α-hetero) is 2. The summed E-state index contributed by atoms with van der Waals surface area (Å²) in [7, 11) is 0.211. The van der Waals surface area contributed by atoms with E-state index in [4.69, 9.17) is 27.9 Å². The number of hydrogen-bond donors (Lipinski definition) is 2. The molecule has 0 aliphatic heterocycles. The Kier molecular flexibility index (Phi) is 10.1. The lowest BCUT2D eigenvalue weighted by molar-refractivity contribution is -0.161. The van der Waals surface area contributed by atoms with Crippen molar-refractivity contribution < 1.29 is 47.7 Å². The first kappa shape index (κ1) is 41.4. The Bertz CT molecular complexity index is 2180. The van der Waals surface area contributed by atoms with Gasteiger partial charge in [0.05, 0.1) is 43.9 Å². The molecule has 0 fully saturated rings. The molecule has 0 bridgehead atoms. The SMILES string of the molecule is CCCCOc1noc2c1[C@H](O[Si](C)(C)C(C)(C)C)C1(O)C(=O)c3c(c4c5c(c(OC)cc(OCCCC)c5c3OC)[C@@]3(C4)C(C)=CCCC3(C)C)C(=O)[C@]1(O)C2. The Morgan fingerprint density at radius 2 is 1.60 bits per heavy atom. The molecular formula is C45H61NO10Si. The van der Waals surface area contributed by atoms with Gasteiger partial charge in [0.15, 0.2) is 25.3 Å². The van der Waals surface area contributed by atoms with Crippen LogP contribution in [0.1, 0.15) is 143 Å². The van der Waals surface area contributed by atoms with Gasteiger partial charge >= 0.3 is 0 Å². The zero-order valence-electron chi connectivity index (χ0n) is 35.9. The molecule has 0 saturated heterocycles. The van der Waals surface area contributed by atoms with Crippen molar-refractivity contribution in [2.24, 2.45) is 5.41 Å². The predicted octanol–water partition coefficient (Wildman–Crippen LogP) is 8.92. The third-order valence-corrected chi connectivity index (χ3v) is 18.7. The molecular weight excluding hydrogens is 743 g/mol. The summed E-state index contributed by atoms with van der Waals surface area (Å²) in [5, 5.41) is 31.6. The fourth-order valence-corrected chi connectivity index (χ4v) is 11.1. The van der Waals surface area contributed by atoms with E-state index >= 15 is 9.59 Å². The molecule has 0 amide bonds. The fourth-order valence-electron chi connectivity index (χ4n) is 9.87. The highest BCUT2D eigenvalue weighted by atomic mass is 28.4. The maximum atomic E-state index is 15.9. The number of fused-ring (bicyclic) bond motifs is 5. The Morgan fingerprint density at radius 1 is 0.930 bits per heavy atom. The maximum Gasteiger partial charge on any atom is 0.260 e. The van der Waals surface area contributed by atoms with E-state index in [1.807, 2.05) is 46.9 Å². The van der Waals surface area contributed by atoms with Gasteiger partial charge in [-0.25, -0.2) is 0 Å². The van der Waals surface area contributed by atoms with Crippen LogP contribution in [0.25, 0.3) is 10.8 Å². The van der Waals surface area contributed by atoms with Crippen LogP contribution in [0.15, 0.2) is 22.2 Å². The number of nitrogens with zero attached hydrogens (tertiary/aromatic N) is 1. The minimum atomic E-state index is -2.89. The normalized spacial score (nSPS) is 26.3. The number of allylic oxidation sites excluding steroid dienone is 2. The molecule has 4 atom stereocenters. The monoisotopic (exact) mass is 803 g/mol. The molecule has 57 heavy (non-hydrogen) atoms. The second-order valence-electron chi connectivity index (χ2n) is 18.8. The Balaban J connectivity index is 1.58. The van der Waals surface area contributed by atoms with Crippen LogP contribution in [0.5, 0.6) is 23.1 Å². The molecule has 1 heterocycles. The van der Waals surface area contributed by atoms with Crippen LogP contribution in [0.4, 0.5) is 0 Å². The number of carbonyl (C=O) groups excluding carboxylic acids is 2. The second kappa shape index (κ2) is 14.0. The van der Waals surface area contributed by atoms with E-state index in [0.29, 0.717) is 47.5 Å². The first-order valence-corrected chi connectivity index (χ1v) is 23.6. The van der Waals surface area contributed by atoms with Crippen molar-refractivity contribution in [2.45, 2.75) is 148 Å². The number of carbonyl (C=O) groups is 2. The zero-order chi connectivity index (χ0) is 41.7. The van der Waals surface area contributed by atoms with Gasteiger partial charge in [-0.3, -0.25) is 9.59 Å². The van der Waals surface area contributed by atoms with Crippen LogP contribution >= 0.6 is 0 Å².